The first kappa shape index (κ1) is 20.5. The molecule has 0 atom stereocenters. The number of nitrogens with one attached hydrogen (secondary N) is 2. The average Bonchev–Trinajstić information content (AvgIpc) is 3.25. The summed E-state index contributed by atoms with van der Waals surface area (Å²) < 4.78 is 10.8. The molecular formula is C20H19N5O5. The SMILES string of the molecule is CCOc1ccc(-c2cc(C(=O)N/N=C\c3ccc([N+](=O)[O-])cc3)[nH]n2)cc1OC. The maximum absolute atomic E-state index is 12.3. The van der Waals surface area contributed by atoms with Gasteiger partial charge in [-0.3, -0.25) is 20.0 Å². The third kappa shape index (κ3) is 4.79. The number of nitro benzene ring substituents is 1. The molecule has 0 saturated carbocycles. The van der Waals surface area contributed by atoms with Crippen molar-refractivity contribution in [2.45, 2.75) is 6.92 Å². The van der Waals surface area contributed by atoms with Crippen molar-refractivity contribution in [2.24, 2.45) is 5.10 Å². The van der Waals surface area contributed by atoms with Gasteiger partial charge in [-0.05, 0) is 48.9 Å². The van der Waals surface area contributed by atoms with Crippen LogP contribution in [-0.4, -0.2) is 41.0 Å². The van der Waals surface area contributed by atoms with Gasteiger partial charge in [-0.2, -0.15) is 10.2 Å². The molecule has 0 radical (unpaired) electrons. The maximum Gasteiger partial charge on any atom is 0.289 e. The Balaban J connectivity index is 1.66. The van der Waals surface area contributed by atoms with Crippen molar-refractivity contribution < 1.29 is 19.2 Å². The highest BCUT2D eigenvalue weighted by Gasteiger charge is 2.13. The lowest BCUT2D eigenvalue weighted by Crippen LogP contribution is -2.17. The normalized spacial score (nSPS) is 10.7. The highest BCUT2D eigenvalue weighted by atomic mass is 16.6. The molecule has 2 N–H and O–H groups in total. The van der Waals surface area contributed by atoms with E-state index in [9.17, 15) is 14.9 Å². The van der Waals surface area contributed by atoms with Crippen molar-refractivity contribution in [3.63, 3.8) is 0 Å². The second-order valence-electron chi connectivity index (χ2n) is 6.01. The van der Waals surface area contributed by atoms with Crippen molar-refractivity contribution in [3.05, 3.63) is 69.9 Å². The van der Waals surface area contributed by atoms with Gasteiger partial charge in [0.2, 0.25) is 0 Å². The third-order valence-corrected chi connectivity index (χ3v) is 4.07. The third-order valence-electron chi connectivity index (χ3n) is 4.07. The summed E-state index contributed by atoms with van der Waals surface area (Å²) in [5, 5.41) is 21.3. The Labute approximate surface area is 171 Å². The summed E-state index contributed by atoms with van der Waals surface area (Å²) in [5.41, 5.74) is 4.49. The zero-order chi connectivity index (χ0) is 21.5. The van der Waals surface area contributed by atoms with Crippen LogP contribution in [0.2, 0.25) is 0 Å². The van der Waals surface area contributed by atoms with E-state index in [0.717, 1.165) is 5.56 Å². The van der Waals surface area contributed by atoms with E-state index in [1.165, 1.54) is 30.5 Å². The topological polar surface area (TPSA) is 132 Å². The molecule has 0 unspecified atom stereocenters. The number of carbonyl (C=O) groups is 1. The molecule has 0 bridgehead atoms. The van der Waals surface area contributed by atoms with Gasteiger partial charge in [-0.1, -0.05) is 0 Å². The molecular weight excluding hydrogens is 390 g/mol. The Morgan fingerprint density at radius 1 is 1.23 bits per heavy atom. The molecule has 0 aliphatic carbocycles. The van der Waals surface area contributed by atoms with Crippen LogP contribution in [0.5, 0.6) is 11.5 Å². The molecule has 0 aliphatic rings. The number of amides is 1. The van der Waals surface area contributed by atoms with Crippen LogP contribution in [0.1, 0.15) is 23.0 Å². The molecule has 3 rings (SSSR count). The minimum Gasteiger partial charge on any atom is -0.493 e. The summed E-state index contributed by atoms with van der Waals surface area (Å²) in [5.74, 6) is 0.707. The predicted octanol–water partition coefficient (Wildman–Crippen LogP) is 3.16. The summed E-state index contributed by atoms with van der Waals surface area (Å²) in [6.45, 7) is 2.40. The molecule has 0 saturated heterocycles. The fourth-order valence-corrected chi connectivity index (χ4v) is 2.60. The largest absolute Gasteiger partial charge is 0.493 e. The van der Waals surface area contributed by atoms with E-state index in [-0.39, 0.29) is 11.4 Å². The fraction of sp³-hybridized carbons (Fsp3) is 0.150. The van der Waals surface area contributed by atoms with Crippen molar-refractivity contribution in [1.29, 1.82) is 0 Å². The van der Waals surface area contributed by atoms with Gasteiger partial charge < -0.3 is 9.47 Å². The van der Waals surface area contributed by atoms with E-state index >= 15 is 0 Å². The number of methoxy groups -OCH3 is 1. The number of ether oxygens (including phenoxy) is 2. The van der Waals surface area contributed by atoms with Gasteiger partial charge in [-0.25, -0.2) is 5.43 Å². The highest BCUT2D eigenvalue weighted by Crippen LogP contribution is 2.32. The Kier molecular flexibility index (Phi) is 6.38. The number of rotatable bonds is 8. The second-order valence-corrected chi connectivity index (χ2v) is 6.01. The lowest BCUT2D eigenvalue weighted by Gasteiger charge is -2.09. The number of benzene rings is 2. The number of hydrogen-bond acceptors (Lipinski definition) is 7. The lowest BCUT2D eigenvalue weighted by atomic mass is 10.1. The number of non-ortho nitro benzene ring substituents is 1. The van der Waals surface area contributed by atoms with Crippen LogP contribution in [0.4, 0.5) is 5.69 Å². The monoisotopic (exact) mass is 409 g/mol. The molecule has 0 aliphatic heterocycles. The number of nitro groups is 1. The molecule has 1 aromatic heterocycles. The Bertz CT molecular complexity index is 1080. The van der Waals surface area contributed by atoms with Gasteiger partial charge in [-0.15, -0.1) is 0 Å². The first-order valence-electron chi connectivity index (χ1n) is 8.96. The minimum absolute atomic E-state index is 0.0212. The first-order valence-corrected chi connectivity index (χ1v) is 8.96. The Hall–Kier alpha value is -4.21. The molecule has 0 fully saturated rings. The quantitative estimate of drug-likeness (QED) is 0.334. The van der Waals surface area contributed by atoms with Gasteiger partial charge in [0.1, 0.15) is 5.69 Å². The zero-order valence-electron chi connectivity index (χ0n) is 16.3. The molecule has 1 amide bonds. The molecule has 154 valence electrons. The summed E-state index contributed by atoms with van der Waals surface area (Å²) in [4.78, 5) is 22.4. The van der Waals surface area contributed by atoms with Crippen LogP contribution in [-0.2, 0) is 0 Å². The number of nitrogens with zero attached hydrogens (tertiary/aromatic N) is 3. The maximum atomic E-state index is 12.3. The number of H-pyrrole nitrogens is 1. The van der Waals surface area contributed by atoms with E-state index < -0.39 is 10.8 Å². The summed E-state index contributed by atoms with van der Waals surface area (Å²) in [7, 11) is 1.55. The zero-order valence-corrected chi connectivity index (χ0v) is 16.3. The predicted molar refractivity (Wildman–Crippen MR) is 110 cm³/mol. The highest BCUT2D eigenvalue weighted by molar-refractivity contribution is 5.94. The van der Waals surface area contributed by atoms with Crippen molar-refractivity contribution in [1.82, 2.24) is 15.6 Å². The minimum atomic E-state index is -0.488. The number of aromatic amines is 1. The average molecular weight is 409 g/mol. The standard InChI is InChI=1S/C20H19N5O5/c1-3-30-18-9-6-14(10-19(18)29-2)16-11-17(23-22-16)20(26)24-21-12-13-4-7-15(8-5-13)25(27)28/h4-12H,3H2,1-2H3,(H,22,23)(H,24,26)/b21-12-. The fourth-order valence-electron chi connectivity index (χ4n) is 2.60. The van der Waals surface area contributed by atoms with Gasteiger partial charge in [0.25, 0.3) is 11.6 Å². The van der Waals surface area contributed by atoms with Crippen LogP contribution in [0.15, 0.2) is 53.6 Å². The Morgan fingerprint density at radius 2 is 2.00 bits per heavy atom. The smallest absolute Gasteiger partial charge is 0.289 e. The van der Waals surface area contributed by atoms with E-state index in [0.29, 0.717) is 29.4 Å². The van der Waals surface area contributed by atoms with E-state index in [4.69, 9.17) is 9.47 Å². The molecule has 3 aromatic rings. The molecule has 10 heteroatoms. The lowest BCUT2D eigenvalue weighted by molar-refractivity contribution is -0.384. The van der Waals surface area contributed by atoms with E-state index in [2.05, 4.69) is 20.7 Å². The number of carbonyl (C=O) groups excluding carboxylic acids is 1. The molecule has 10 nitrogen and oxygen atoms in total. The second kappa shape index (κ2) is 9.32. The van der Waals surface area contributed by atoms with E-state index in [1.807, 2.05) is 13.0 Å². The summed E-state index contributed by atoms with van der Waals surface area (Å²) in [6.07, 6.45) is 1.39. The molecule has 1 heterocycles. The van der Waals surface area contributed by atoms with Crippen molar-refractivity contribution in [3.8, 4) is 22.8 Å². The van der Waals surface area contributed by atoms with Gasteiger partial charge in [0.15, 0.2) is 11.5 Å². The van der Waals surface area contributed by atoms with Crippen LogP contribution < -0.4 is 14.9 Å². The van der Waals surface area contributed by atoms with Gasteiger partial charge in [0, 0.05) is 17.7 Å². The Morgan fingerprint density at radius 3 is 2.67 bits per heavy atom. The number of hydrogen-bond donors (Lipinski definition) is 2. The van der Waals surface area contributed by atoms with E-state index in [1.54, 1.807) is 25.3 Å². The van der Waals surface area contributed by atoms with Crippen LogP contribution >= 0.6 is 0 Å². The number of hydrazone groups is 1. The summed E-state index contributed by atoms with van der Waals surface area (Å²) >= 11 is 0. The van der Waals surface area contributed by atoms with Crippen molar-refractivity contribution >= 4 is 17.8 Å². The van der Waals surface area contributed by atoms with Crippen LogP contribution in [0.25, 0.3) is 11.3 Å². The van der Waals surface area contributed by atoms with Crippen LogP contribution in [0.3, 0.4) is 0 Å². The van der Waals surface area contributed by atoms with Gasteiger partial charge >= 0.3 is 0 Å². The molecule has 30 heavy (non-hydrogen) atoms. The van der Waals surface area contributed by atoms with Crippen LogP contribution in [0, 0.1) is 10.1 Å². The number of aromatic nitrogens is 2. The van der Waals surface area contributed by atoms with Gasteiger partial charge in [0.05, 0.1) is 30.5 Å². The first-order chi connectivity index (χ1) is 14.5. The summed E-state index contributed by atoms with van der Waals surface area (Å²) in [6, 6.07) is 12.7. The molecule has 0 spiro atoms. The van der Waals surface area contributed by atoms with Crippen molar-refractivity contribution in [2.75, 3.05) is 13.7 Å². The molecule has 2 aromatic carbocycles.